The fraction of sp³-hybridized carbons (Fsp3) is 0.667. The summed E-state index contributed by atoms with van der Waals surface area (Å²) in [7, 11) is 1.76. The molecule has 1 saturated heterocycles. The molecular weight excluding hydrogens is 490 g/mol. The highest BCUT2D eigenvalue weighted by Gasteiger charge is 2.34. The van der Waals surface area contributed by atoms with E-state index >= 15 is 0 Å². The summed E-state index contributed by atoms with van der Waals surface area (Å²) in [5.74, 6) is 0.558. The van der Waals surface area contributed by atoms with Crippen LogP contribution in [-0.2, 0) is 4.74 Å². The zero-order valence-corrected chi connectivity index (χ0v) is 23.0. The number of nitrogen functional groups attached to an aromatic ring is 1. The molecule has 2 aromatic rings. The van der Waals surface area contributed by atoms with Gasteiger partial charge in [0.2, 0.25) is 0 Å². The summed E-state index contributed by atoms with van der Waals surface area (Å²) in [5, 5.41) is 10.8. The number of unbranched alkanes of at least 4 members (excludes halogenated alkanes) is 6. The maximum Gasteiger partial charge on any atom is 0.263 e. The molecule has 0 spiro atoms. The van der Waals surface area contributed by atoms with Gasteiger partial charge in [0.15, 0.2) is 5.82 Å². The molecule has 204 valence electrons. The van der Waals surface area contributed by atoms with Crippen LogP contribution in [0.2, 0.25) is 0 Å². The lowest BCUT2D eigenvalue weighted by molar-refractivity contribution is 0.0819. The summed E-state index contributed by atoms with van der Waals surface area (Å²) in [4.78, 5) is 20.0. The monoisotopic (exact) mass is 531 g/mol. The Labute approximate surface area is 225 Å². The number of nitrogens with two attached hydrogens (primary N) is 1. The highest BCUT2D eigenvalue weighted by Crippen LogP contribution is 2.36. The average molecular weight is 532 g/mol. The van der Waals surface area contributed by atoms with Crippen LogP contribution in [0.3, 0.4) is 0 Å². The number of methoxy groups -OCH3 is 1. The van der Waals surface area contributed by atoms with Crippen molar-refractivity contribution < 1.29 is 9.53 Å². The number of aromatic nitrogens is 3. The molecule has 9 nitrogen and oxygen atoms in total. The second-order valence-corrected chi connectivity index (χ2v) is 10.8. The molecule has 0 bridgehead atoms. The van der Waals surface area contributed by atoms with Crippen LogP contribution in [0, 0.1) is 0 Å². The van der Waals surface area contributed by atoms with Crippen LogP contribution in [0.15, 0.2) is 18.5 Å². The summed E-state index contributed by atoms with van der Waals surface area (Å²) in [6, 6.07) is 1.95. The van der Waals surface area contributed by atoms with Crippen molar-refractivity contribution in [1.82, 2.24) is 14.8 Å². The number of nitrogens with one attached hydrogen (secondary N) is 2. The van der Waals surface area contributed by atoms with E-state index in [1.807, 2.05) is 10.7 Å². The number of fused-ring (bicyclic) bond motifs is 1. The number of carbonyl (C=O) groups is 1. The molecular formula is C27H42ClN7O2. The van der Waals surface area contributed by atoms with Crippen molar-refractivity contribution in [2.24, 2.45) is 0 Å². The van der Waals surface area contributed by atoms with Crippen molar-refractivity contribution >= 4 is 40.5 Å². The van der Waals surface area contributed by atoms with Crippen LogP contribution in [0.5, 0.6) is 0 Å². The maximum atomic E-state index is 13.5. The number of halogens is 1. The molecule has 4 heterocycles. The Morgan fingerprint density at radius 2 is 1.95 bits per heavy atom. The third kappa shape index (κ3) is 6.68. The minimum Gasteiger partial charge on any atom is -0.381 e. The normalized spacial score (nSPS) is 19.9. The van der Waals surface area contributed by atoms with Crippen LogP contribution in [-0.4, -0.2) is 58.9 Å². The van der Waals surface area contributed by atoms with Gasteiger partial charge in [0.25, 0.3) is 5.91 Å². The zero-order chi connectivity index (χ0) is 26.2. The van der Waals surface area contributed by atoms with Crippen LogP contribution < -0.4 is 21.3 Å². The van der Waals surface area contributed by atoms with E-state index in [4.69, 9.17) is 22.1 Å². The lowest BCUT2D eigenvalue weighted by Gasteiger charge is -2.34. The summed E-state index contributed by atoms with van der Waals surface area (Å²) in [5.41, 5.74) is 8.27. The lowest BCUT2D eigenvalue weighted by atomic mass is 10.0. The molecule has 2 unspecified atom stereocenters. The van der Waals surface area contributed by atoms with Gasteiger partial charge < -0.3 is 26.0 Å². The predicted molar refractivity (Wildman–Crippen MR) is 151 cm³/mol. The van der Waals surface area contributed by atoms with Gasteiger partial charge >= 0.3 is 0 Å². The molecule has 0 radical (unpaired) electrons. The van der Waals surface area contributed by atoms with E-state index < -0.39 is 0 Å². The predicted octanol–water partition coefficient (Wildman–Crippen LogP) is 5.44. The van der Waals surface area contributed by atoms with E-state index in [0.29, 0.717) is 23.6 Å². The fourth-order valence-electron chi connectivity index (χ4n) is 5.46. The van der Waals surface area contributed by atoms with Crippen molar-refractivity contribution in [3.63, 3.8) is 0 Å². The molecule has 0 aliphatic carbocycles. The number of ether oxygens (including phenoxy) is 1. The third-order valence-corrected chi connectivity index (χ3v) is 8.07. The van der Waals surface area contributed by atoms with Crippen LogP contribution >= 0.6 is 11.6 Å². The molecule has 37 heavy (non-hydrogen) atoms. The number of hydrogen-bond acceptors (Lipinski definition) is 7. The van der Waals surface area contributed by atoms with Gasteiger partial charge in [-0.2, -0.15) is 5.10 Å². The fourth-order valence-corrected chi connectivity index (χ4v) is 5.77. The first kappa shape index (κ1) is 27.5. The third-order valence-electron chi connectivity index (χ3n) is 7.63. The molecule has 0 aromatic carbocycles. The number of nitrogens with zero attached hydrogens (tertiary/aromatic N) is 4. The largest absolute Gasteiger partial charge is 0.381 e. The first-order valence-electron chi connectivity index (χ1n) is 13.8. The van der Waals surface area contributed by atoms with Crippen molar-refractivity contribution in [3.8, 4) is 0 Å². The van der Waals surface area contributed by atoms with Gasteiger partial charge in [-0.1, -0.05) is 51.9 Å². The molecule has 4 N–H and O–H groups in total. The van der Waals surface area contributed by atoms with E-state index in [1.54, 1.807) is 19.5 Å². The Morgan fingerprint density at radius 3 is 2.68 bits per heavy atom. The van der Waals surface area contributed by atoms with Crippen molar-refractivity contribution in [3.05, 3.63) is 24.0 Å². The standard InChI is InChI=1S/C27H42ClN7O2/c1-3-4-5-6-7-8-9-10-22-20(28)17-31-26-24(25(29)33-35(22)26)27(36)32-21-18-30-14-11-23(21)34-15-12-19(37-2)13-16-34/h11,14,18-20,22,31H,3-10,12-13,15-17H2,1-2H3,(H2,29,33)(H,32,36). The molecule has 1 fully saturated rings. The van der Waals surface area contributed by atoms with Gasteiger partial charge in [-0.25, -0.2) is 4.68 Å². The van der Waals surface area contributed by atoms with Gasteiger partial charge in [-0.3, -0.25) is 9.78 Å². The Balaban J connectivity index is 1.44. The van der Waals surface area contributed by atoms with Crippen molar-refractivity contribution in [1.29, 1.82) is 0 Å². The highest BCUT2D eigenvalue weighted by molar-refractivity contribution is 6.21. The smallest absolute Gasteiger partial charge is 0.263 e. The van der Waals surface area contributed by atoms with Gasteiger partial charge in [-0.15, -0.1) is 11.6 Å². The van der Waals surface area contributed by atoms with E-state index in [2.05, 4.69) is 32.5 Å². The summed E-state index contributed by atoms with van der Waals surface area (Å²) >= 11 is 6.70. The summed E-state index contributed by atoms with van der Waals surface area (Å²) in [6.45, 7) is 4.52. The molecule has 1 amide bonds. The molecule has 10 heteroatoms. The summed E-state index contributed by atoms with van der Waals surface area (Å²) in [6.07, 6.45) is 15.2. The van der Waals surface area contributed by atoms with E-state index in [0.717, 1.165) is 44.5 Å². The van der Waals surface area contributed by atoms with E-state index in [1.165, 1.54) is 38.5 Å². The Hall–Kier alpha value is -2.52. The first-order chi connectivity index (χ1) is 18.0. The van der Waals surface area contributed by atoms with Crippen molar-refractivity contribution in [2.45, 2.75) is 88.7 Å². The van der Waals surface area contributed by atoms with Gasteiger partial charge in [-0.05, 0) is 25.3 Å². The maximum absolute atomic E-state index is 13.5. The minimum atomic E-state index is -0.296. The molecule has 2 aromatic heterocycles. The average Bonchev–Trinajstić information content (AvgIpc) is 3.25. The number of carbonyl (C=O) groups excluding carboxylic acids is 1. The molecule has 2 aliphatic rings. The van der Waals surface area contributed by atoms with Gasteiger partial charge in [0, 0.05) is 32.9 Å². The number of alkyl halides is 1. The molecule has 2 atom stereocenters. The van der Waals surface area contributed by atoms with E-state index in [-0.39, 0.29) is 29.2 Å². The molecule has 2 aliphatic heterocycles. The minimum absolute atomic E-state index is 0.00782. The molecule has 0 saturated carbocycles. The molecule has 4 rings (SSSR count). The van der Waals surface area contributed by atoms with Crippen molar-refractivity contribution in [2.75, 3.05) is 48.0 Å². The summed E-state index contributed by atoms with van der Waals surface area (Å²) < 4.78 is 7.34. The Bertz CT molecular complexity index is 1020. The number of amides is 1. The Kier molecular flexibility index (Phi) is 9.91. The lowest BCUT2D eigenvalue weighted by Crippen LogP contribution is -2.37. The second-order valence-electron chi connectivity index (χ2n) is 10.2. The van der Waals surface area contributed by atoms with Crippen LogP contribution in [0.4, 0.5) is 23.0 Å². The van der Waals surface area contributed by atoms with E-state index in [9.17, 15) is 4.79 Å². The number of rotatable bonds is 12. The van der Waals surface area contributed by atoms with Crippen LogP contribution in [0.25, 0.3) is 0 Å². The zero-order valence-electron chi connectivity index (χ0n) is 22.2. The second kappa shape index (κ2) is 13.3. The number of pyridine rings is 1. The number of anilines is 4. The van der Waals surface area contributed by atoms with Crippen LogP contribution in [0.1, 0.15) is 87.5 Å². The first-order valence-corrected chi connectivity index (χ1v) is 14.3. The number of hydrogen-bond donors (Lipinski definition) is 3. The quantitative estimate of drug-likeness (QED) is 0.247. The van der Waals surface area contributed by atoms with Gasteiger partial charge in [0.1, 0.15) is 11.4 Å². The van der Waals surface area contributed by atoms with Gasteiger partial charge in [0.05, 0.1) is 35.1 Å². The highest BCUT2D eigenvalue weighted by atomic mass is 35.5. The number of piperidine rings is 1. The Morgan fingerprint density at radius 1 is 1.22 bits per heavy atom. The topological polar surface area (TPSA) is 110 Å². The SMILES string of the molecule is CCCCCCCCCC1C(Cl)CNc2c(C(=O)Nc3cnccc3N3CCC(OC)CC3)c(N)nn21.